The van der Waals surface area contributed by atoms with Crippen LogP contribution < -0.4 is 21.2 Å². The summed E-state index contributed by atoms with van der Waals surface area (Å²) in [7, 11) is 0. The first-order valence-electron chi connectivity index (χ1n) is 5.10. The highest BCUT2D eigenvalue weighted by molar-refractivity contribution is 7.11. The topological polar surface area (TPSA) is 132 Å². The zero-order chi connectivity index (χ0) is 13.6. The molecule has 0 spiro atoms. The fraction of sp³-hybridized carbons (Fsp3) is 0.111. The second kappa shape index (κ2) is 3.85. The molecule has 0 atom stereocenters. The lowest BCUT2D eigenvalue weighted by atomic mass is 10.2. The molecule has 0 aromatic carbocycles. The second-order valence-electron chi connectivity index (χ2n) is 3.68. The Morgan fingerprint density at radius 3 is 2.95 bits per heavy atom. The molecule has 0 amide bonds. The first-order valence-corrected chi connectivity index (χ1v) is 5.92. The third kappa shape index (κ3) is 1.56. The minimum atomic E-state index is -0.602. The predicted molar refractivity (Wildman–Crippen MR) is 65.9 cm³/mol. The molecule has 0 radical (unpaired) electrons. The summed E-state index contributed by atoms with van der Waals surface area (Å²) >= 11 is 0.940. The standard InChI is InChI=1S/C9H6N8OS/c1-3-4(2-10)6-13-12-5-7(18)14-15-9(11)19-8(5)17(6)16-3/h11-13H,1H3. The zero-order valence-electron chi connectivity index (χ0n) is 9.55. The van der Waals surface area contributed by atoms with Gasteiger partial charge in [0, 0.05) is 0 Å². The van der Waals surface area contributed by atoms with Crippen molar-refractivity contribution in [3.8, 4) is 11.1 Å². The maximum absolute atomic E-state index is 11.7. The van der Waals surface area contributed by atoms with Crippen molar-refractivity contribution in [3.05, 3.63) is 26.4 Å². The number of aromatic nitrogens is 4. The van der Waals surface area contributed by atoms with Gasteiger partial charge < -0.3 is 0 Å². The smallest absolute Gasteiger partial charge is 0.292 e. The van der Waals surface area contributed by atoms with Crippen molar-refractivity contribution in [2.24, 2.45) is 0 Å². The molecule has 0 saturated heterocycles. The van der Waals surface area contributed by atoms with E-state index in [9.17, 15) is 4.79 Å². The van der Waals surface area contributed by atoms with Crippen LogP contribution in [0.15, 0.2) is 4.79 Å². The first kappa shape index (κ1) is 11.3. The van der Waals surface area contributed by atoms with E-state index in [4.69, 9.17) is 10.7 Å². The Kier molecular flexibility index (Phi) is 2.29. The monoisotopic (exact) mass is 274 g/mol. The van der Waals surface area contributed by atoms with Crippen LogP contribution in [0.25, 0.3) is 5.00 Å². The number of nitrogens with zero attached hydrogens (tertiary/aromatic N) is 5. The summed E-state index contributed by atoms with van der Waals surface area (Å²) in [5.74, 6) is 0.425. The van der Waals surface area contributed by atoms with Crippen molar-refractivity contribution in [3.63, 3.8) is 0 Å². The molecule has 9 nitrogen and oxygen atoms in total. The van der Waals surface area contributed by atoms with Gasteiger partial charge >= 0.3 is 5.56 Å². The maximum atomic E-state index is 11.7. The van der Waals surface area contributed by atoms with Crippen molar-refractivity contribution in [1.29, 1.82) is 10.7 Å². The third-order valence-electron chi connectivity index (χ3n) is 2.52. The maximum Gasteiger partial charge on any atom is 0.316 e. The average molecular weight is 274 g/mol. The number of anilines is 2. The molecule has 0 fully saturated rings. The fourth-order valence-corrected chi connectivity index (χ4v) is 2.42. The number of rotatable bonds is 0. The molecule has 0 unspecified atom stereocenters. The summed E-state index contributed by atoms with van der Waals surface area (Å²) in [6.45, 7) is 1.69. The van der Waals surface area contributed by atoms with Crippen LogP contribution in [-0.4, -0.2) is 20.0 Å². The van der Waals surface area contributed by atoms with Crippen molar-refractivity contribution in [1.82, 2.24) is 20.0 Å². The van der Waals surface area contributed by atoms with E-state index in [2.05, 4.69) is 26.1 Å². The first-order chi connectivity index (χ1) is 9.11. The lowest BCUT2D eigenvalue weighted by Crippen LogP contribution is -2.25. The molecule has 10 heteroatoms. The molecule has 1 aliphatic rings. The van der Waals surface area contributed by atoms with E-state index in [0.29, 0.717) is 22.1 Å². The van der Waals surface area contributed by atoms with Crippen molar-refractivity contribution < 1.29 is 0 Å². The summed E-state index contributed by atoms with van der Waals surface area (Å²) in [5, 5.41) is 28.0. The lowest BCUT2D eigenvalue weighted by Gasteiger charge is -2.17. The Balaban J connectivity index is 2.44. The largest absolute Gasteiger partial charge is 0.316 e. The summed E-state index contributed by atoms with van der Waals surface area (Å²) in [5.41, 5.74) is 5.86. The highest BCUT2D eigenvalue weighted by Gasteiger charge is 2.24. The van der Waals surface area contributed by atoms with E-state index < -0.39 is 5.56 Å². The van der Waals surface area contributed by atoms with Crippen LogP contribution in [0, 0.1) is 23.7 Å². The number of hydrogen-bond donors (Lipinski definition) is 3. The van der Waals surface area contributed by atoms with Crippen LogP contribution in [0.1, 0.15) is 11.3 Å². The van der Waals surface area contributed by atoms with Gasteiger partial charge in [0.15, 0.2) is 16.5 Å². The van der Waals surface area contributed by atoms with Crippen molar-refractivity contribution in [2.45, 2.75) is 6.92 Å². The van der Waals surface area contributed by atoms with E-state index in [1.54, 1.807) is 6.92 Å². The highest BCUT2D eigenvalue weighted by Crippen LogP contribution is 2.30. The lowest BCUT2D eigenvalue weighted by molar-refractivity contribution is 0.867. The van der Waals surface area contributed by atoms with E-state index in [0.717, 1.165) is 11.3 Å². The average Bonchev–Trinajstić information content (AvgIpc) is 2.64. The molecule has 0 saturated carbocycles. The minimum Gasteiger partial charge on any atom is -0.292 e. The summed E-state index contributed by atoms with van der Waals surface area (Å²) in [6, 6.07) is 2.03. The van der Waals surface area contributed by atoms with E-state index >= 15 is 0 Å². The molecule has 3 heterocycles. The molecular formula is C9H6N8OS. The van der Waals surface area contributed by atoms with Gasteiger partial charge in [-0.15, -0.1) is 10.2 Å². The molecule has 1 aliphatic heterocycles. The van der Waals surface area contributed by atoms with Crippen LogP contribution >= 0.6 is 11.3 Å². The van der Waals surface area contributed by atoms with Crippen LogP contribution in [0.4, 0.5) is 11.5 Å². The van der Waals surface area contributed by atoms with Gasteiger partial charge in [-0.05, 0) is 6.92 Å². The Morgan fingerprint density at radius 2 is 2.21 bits per heavy atom. The number of hydrogen-bond acceptors (Lipinski definition) is 9. The van der Waals surface area contributed by atoms with Gasteiger partial charge in [-0.3, -0.25) is 21.1 Å². The summed E-state index contributed by atoms with van der Waals surface area (Å²) in [6.07, 6.45) is 0. The molecule has 19 heavy (non-hydrogen) atoms. The van der Waals surface area contributed by atoms with Crippen molar-refractivity contribution >= 4 is 22.8 Å². The van der Waals surface area contributed by atoms with Gasteiger partial charge in [0.25, 0.3) is 0 Å². The van der Waals surface area contributed by atoms with Gasteiger partial charge in [-0.2, -0.15) is 10.4 Å². The summed E-state index contributed by atoms with van der Waals surface area (Å²) in [4.78, 5) is 11.6. The highest BCUT2D eigenvalue weighted by atomic mass is 32.1. The molecule has 2 aromatic heterocycles. The fourth-order valence-electron chi connectivity index (χ4n) is 1.70. The number of hydrazine groups is 1. The van der Waals surface area contributed by atoms with Gasteiger partial charge in [-0.1, -0.05) is 11.3 Å². The van der Waals surface area contributed by atoms with Crippen LogP contribution in [-0.2, 0) is 0 Å². The number of nitrogens with one attached hydrogen (secondary N) is 3. The van der Waals surface area contributed by atoms with Crippen LogP contribution in [0.5, 0.6) is 0 Å². The minimum absolute atomic E-state index is 0.125. The van der Waals surface area contributed by atoms with E-state index in [-0.39, 0.29) is 10.5 Å². The molecular weight excluding hydrogens is 268 g/mol. The normalized spacial score (nSPS) is 11.6. The van der Waals surface area contributed by atoms with Crippen LogP contribution in [0.3, 0.4) is 0 Å². The molecule has 94 valence electrons. The van der Waals surface area contributed by atoms with Gasteiger partial charge in [-0.25, -0.2) is 4.68 Å². The molecule has 0 aliphatic carbocycles. The molecule has 3 N–H and O–H groups in total. The Hall–Kier alpha value is -2.80. The Morgan fingerprint density at radius 1 is 1.42 bits per heavy atom. The van der Waals surface area contributed by atoms with Gasteiger partial charge in [0.05, 0.1) is 5.69 Å². The Labute approximate surface area is 109 Å². The second-order valence-corrected chi connectivity index (χ2v) is 4.65. The van der Waals surface area contributed by atoms with Crippen LogP contribution in [0.2, 0.25) is 0 Å². The molecule has 2 aromatic rings. The molecule has 0 bridgehead atoms. The van der Waals surface area contributed by atoms with E-state index in [1.165, 1.54) is 4.68 Å². The summed E-state index contributed by atoms with van der Waals surface area (Å²) < 4.78 is 1.41. The van der Waals surface area contributed by atoms with Gasteiger partial charge in [0.2, 0.25) is 4.80 Å². The SMILES string of the molecule is Cc1nn2c(c1C#N)NNc1c-2sc(=N)nnc1=O. The number of fused-ring (bicyclic) bond motifs is 3. The number of nitriles is 1. The molecule has 3 rings (SSSR count). The zero-order valence-corrected chi connectivity index (χ0v) is 10.4. The Bertz CT molecular complexity index is 845. The van der Waals surface area contributed by atoms with Gasteiger partial charge in [0.1, 0.15) is 11.6 Å². The third-order valence-corrected chi connectivity index (χ3v) is 3.37. The number of aryl methyl sites for hydroxylation is 1. The van der Waals surface area contributed by atoms with Crippen molar-refractivity contribution in [2.75, 3.05) is 10.9 Å². The van der Waals surface area contributed by atoms with E-state index in [1.807, 2.05) is 6.07 Å². The predicted octanol–water partition coefficient (Wildman–Crippen LogP) is -0.504. The quantitative estimate of drug-likeness (QED) is 0.589.